The number of benzene rings is 2. The molecule has 134 valence electrons. The summed E-state index contributed by atoms with van der Waals surface area (Å²) in [5, 5.41) is 0.378. The minimum absolute atomic E-state index is 0.162. The van der Waals surface area contributed by atoms with Crippen LogP contribution in [0.15, 0.2) is 73.2 Å². The number of carbonyl (C=O) groups is 2. The molecule has 0 unspecified atom stereocenters. The molecule has 0 atom stereocenters. The Hall–Kier alpha value is -2.64. The minimum Gasteiger partial charge on any atom is -0.422 e. The molecule has 1 aliphatic rings. The first kappa shape index (κ1) is 17.8. The fraction of sp³-hybridized carbons (Fsp3) is 0.0500. The topological polar surface area (TPSA) is 67.6 Å². The third-order valence-electron chi connectivity index (χ3n) is 4.11. The molecule has 0 radical (unpaired) electrons. The molecule has 1 aliphatic heterocycles. The summed E-state index contributed by atoms with van der Waals surface area (Å²) in [6.07, 6.45) is 1.42. The number of hydrogen-bond donors (Lipinski definition) is 0. The van der Waals surface area contributed by atoms with Gasteiger partial charge in [-0.05, 0) is 41.6 Å². The van der Waals surface area contributed by atoms with Gasteiger partial charge in [-0.3, -0.25) is 14.5 Å². The summed E-state index contributed by atoms with van der Waals surface area (Å²) in [7, 11) is 0. The Kier molecular flexibility index (Phi) is 4.72. The second kappa shape index (κ2) is 7.17. The van der Waals surface area contributed by atoms with Crippen molar-refractivity contribution in [1.82, 2.24) is 4.90 Å². The van der Waals surface area contributed by atoms with Gasteiger partial charge in [0.25, 0.3) is 11.1 Å². The number of nitrogens with zero attached hydrogens (tertiary/aromatic N) is 1. The van der Waals surface area contributed by atoms with Crippen LogP contribution in [-0.2, 0) is 11.3 Å². The first-order valence-electron chi connectivity index (χ1n) is 8.04. The van der Waals surface area contributed by atoms with Gasteiger partial charge in [0.05, 0.1) is 17.0 Å². The molecule has 5 nitrogen and oxygen atoms in total. The van der Waals surface area contributed by atoms with Crippen molar-refractivity contribution in [3.8, 4) is 0 Å². The lowest BCUT2D eigenvalue weighted by Gasteiger charge is -2.13. The molecule has 1 saturated heterocycles. The number of imide groups is 1. The summed E-state index contributed by atoms with van der Waals surface area (Å²) < 4.78 is 6.10. The van der Waals surface area contributed by atoms with E-state index in [0.717, 1.165) is 27.2 Å². The number of hydrogen-bond acceptors (Lipinski definition) is 5. The highest BCUT2D eigenvalue weighted by atomic mass is 79.9. The highest BCUT2D eigenvalue weighted by Crippen LogP contribution is 2.34. The average molecular weight is 442 g/mol. The van der Waals surface area contributed by atoms with Crippen LogP contribution in [0.1, 0.15) is 11.1 Å². The Morgan fingerprint density at radius 1 is 1.04 bits per heavy atom. The van der Waals surface area contributed by atoms with E-state index >= 15 is 0 Å². The molecule has 4 rings (SSSR count). The van der Waals surface area contributed by atoms with Gasteiger partial charge in [-0.15, -0.1) is 0 Å². The molecule has 2 amide bonds. The van der Waals surface area contributed by atoms with Gasteiger partial charge >= 0.3 is 5.63 Å². The van der Waals surface area contributed by atoms with Crippen molar-refractivity contribution in [3.63, 3.8) is 0 Å². The van der Waals surface area contributed by atoms with Crippen LogP contribution in [-0.4, -0.2) is 16.0 Å². The van der Waals surface area contributed by atoms with Gasteiger partial charge in [-0.2, -0.15) is 0 Å². The van der Waals surface area contributed by atoms with Gasteiger partial charge < -0.3 is 4.42 Å². The SMILES string of the molecule is O=C1S/C(=C/c2cc3ccccc3oc2=O)C(=O)N1Cc1ccccc1Br. The van der Waals surface area contributed by atoms with E-state index in [-0.39, 0.29) is 22.3 Å². The van der Waals surface area contributed by atoms with Crippen LogP contribution < -0.4 is 5.63 Å². The molecule has 2 aromatic carbocycles. The lowest BCUT2D eigenvalue weighted by atomic mass is 10.1. The number of halogens is 1. The van der Waals surface area contributed by atoms with Crippen molar-refractivity contribution in [2.75, 3.05) is 0 Å². The third kappa shape index (κ3) is 3.48. The Morgan fingerprint density at radius 2 is 1.78 bits per heavy atom. The van der Waals surface area contributed by atoms with Crippen molar-refractivity contribution < 1.29 is 14.0 Å². The van der Waals surface area contributed by atoms with Crippen molar-refractivity contribution in [3.05, 3.63) is 85.5 Å². The molecule has 0 spiro atoms. The normalized spacial score (nSPS) is 15.9. The van der Waals surface area contributed by atoms with Gasteiger partial charge in [0.1, 0.15) is 5.58 Å². The summed E-state index contributed by atoms with van der Waals surface area (Å²) in [6.45, 7) is 0.162. The fourth-order valence-corrected chi connectivity index (χ4v) is 3.99. The van der Waals surface area contributed by atoms with Crippen molar-refractivity contribution in [2.24, 2.45) is 0 Å². The van der Waals surface area contributed by atoms with Crippen molar-refractivity contribution in [1.29, 1.82) is 0 Å². The lowest BCUT2D eigenvalue weighted by Crippen LogP contribution is -2.27. The molecule has 27 heavy (non-hydrogen) atoms. The van der Waals surface area contributed by atoms with Crippen LogP contribution >= 0.6 is 27.7 Å². The summed E-state index contributed by atoms with van der Waals surface area (Å²) in [6, 6.07) is 16.2. The van der Waals surface area contributed by atoms with Crippen LogP contribution in [0.5, 0.6) is 0 Å². The predicted octanol–water partition coefficient (Wildman–Crippen LogP) is 4.79. The molecule has 0 saturated carbocycles. The highest BCUT2D eigenvalue weighted by molar-refractivity contribution is 9.10. The van der Waals surface area contributed by atoms with Crippen LogP contribution in [0.25, 0.3) is 17.0 Å². The molecule has 0 bridgehead atoms. The van der Waals surface area contributed by atoms with E-state index in [1.54, 1.807) is 18.2 Å². The Bertz CT molecular complexity index is 1170. The van der Waals surface area contributed by atoms with Gasteiger partial charge in [0, 0.05) is 9.86 Å². The highest BCUT2D eigenvalue weighted by Gasteiger charge is 2.35. The van der Waals surface area contributed by atoms with E-state index in [0.29, 0.717) is 5.58 Å². The first-order chi connectivity index (χ1) is 13.0. The predicted molar refractivity (Wildman–Crippen MR) is 108 cm³/mol. The summed E-state index contributed by atoms with van der Waals surface area (Å²) in [4.78, 5) is 38.5. The smallest absolute Gasteiger partial charge is 0.343 e. The van der Waals surface area contributed by atoms with Crippen LogP contribution in [0.2, 0.25) is 0 Å². The molecule has 1 fully saturated rings. The fourth-order valence-electron chi connectivity index (χ4n) is 2.75. The number of fused-ring (bicyclic) bond motifs is 1. The molecule has 0 N–H and O–H groups in total. The lowest BCUT2D eigenvalue weighted by molar-refractivity contribution is -0.123. The molecule has 2 heterocycles. The molecule has 7 heteroatoms. The molecular formula is C20H12BrNO4S. The zero-order valence-electron chi connectivity index (χ0n) is 13.8. The average Bonchev–Trinajstić information content (AvgIpc) is 2.91. The zero-order valence-corrected chi connectivity index (χ0v) is 16.2. The van der Waals surface area contributed by atoms with Crippen molar-refractivity contribution in [2.45, 2.75) is 6.54 Å². The van der Waals surface area contributed by atoms with Gasteiger partial charge in [0.15, 0.2) is 0 Å². The van der Waals surface area contributed by atoms with E-state index in [1.165, 1.54) is 11.0 Å². The van der Waals surface area contributed by atoms with Gasteiger partial charge in [-0.25, -0.2) is 4.79 Å². The number of para-hydroxylation sites is 1. The Morgan fingerprint density at radius 3 is 2.59 bits per heavy atom. The maximum absolute atomic E-state index is 12.7. The second-order valence-corrected chi connectivity index (χ2v) is 7.73. The van der Waals surface area contributed by atoms with Crippen LogP contribution in [0.3, 0.4) is 0 Å². The van der Waals surface area contributed by atoms with E-state index in [1.807, 2.05) is 36.4 Å². The van der Waals surface area contributed by atoms with Gasteiger partial charge in [0.2, 0.25) is 0 Å². The molecule has 3 aromatic rings. The van der Waals surface area contributed by atoms with Crippen molar-refractivity contribution >= 4 is 55.9 Å². The largest absolute Gasteiger partial charge is 0.422 e. The Labute approximate surface area is 166 Å². The summed E-state index contributed by atoms with van der Waals surface area (Å²) in [5.74, 6) is -0.423. The first-order valence-corrected chi connectivity index (χ1v) is 9.65. The maximum Gasteiger partial charge on any atom is 0.343 e. The summed E-state index contributed by atoms with van der Waals surface area (Å²) >= 11 is 4.24. The molecule has 1 aromatic heterocycles. The zero-order chi connectivity index (χ0) is 19.0. The minimum atomic E-state index is -0.550. The van der Waals surface area contributed by atoms with E-state index < -0.39 is 11.5 Å². The number of rotatable bonds is 3. The number of thioether (sulfide) groups is 1. The van der Waals surface area contributed by atoms with E-state index in [9.17, 15) is 14.4 Å². The quantitative estimate of drug-likeness (QED) is 0.431. The standard InChI is InChI=1S/C20H12BrNO4S/c21-15-7-3-1-6-13(15)11-22-18(23)17(27-20(22)25)10-14-9-12-5-2-4-8-16(12)26-19(14)24/h1-10H,11H2/b17-10+. The third-order valence-corrected chi connectivity index (χ3v) is 5.80. The van der Waals surface area contributed by atoms with Crippen LogP contribution in [0, 0.1) is 0 Å². The van der Waals surface area contributed by atoms with E-state index in [4.69, 9.17) is 4.42 Å². The van der Waals surface area contributed by atoms with Gasteiger partial charge in [-0.1, -0.05) is 52.3 Å². The van der Waals surface area contributed by atoms with Crippen LogP contribution in [0.4, 0.5) is 4.79 Å². The molecular weight excluding hydrogens is 430 g/mol. The molecule has 0 aliphatic carbocycles. The number of carbonyl (C=O) groups excluding carboxylic acids is 2. The number of amides is 2. The Balaban J connectivity index is 1.66. The maximum atomic E-state index is 12.7. The summed E-state index contributed by atoms with van der Waals surface area (Å²) in [5.41, 5.74) is 0.986. The second-order valence-electron chi connectivity index (χ2n) is 5.89. The van der Waals surface area contributed by atoms with E-state index in [2.05, 4.69) is 15.9 Å². The monoisotopic (exact) mass is 441 g/mol.